The smallest absolute Gasteiger partial charge is 0.220 e. The number of hydrogen-bond donors (Lipinski definition) is 4. The van der Waals surface area contributed by atoms with E-state index in [1.54, 1.807) is 0 Å². The molecule has 6 N–H and O–H groups in total. The van der Waals surface area contributed by atoms with Crippen LogP contribution in [0.5, 0.6) is 0 Å². The van der Waals surface area contributed by atoms with E-state index in [4.69, 9.17) is 11.5 Å². The molecule has 0 rings (SSSR count). The van der Waals surface area contributed by atoms with Gasteiger partial charge in [0.05, 0.1) is 0 Å². The van der Waals surface area contributed by atoms with Gasteiger partial charge < -0.3 is 22.1 Å². The highest BCUT2D eigenvalue weighted by molar-refractivity contribution is 5.76. The molecule has 0 heterocycles. The Balaban J connectivity index is 4.02. The van der Waals surface area contributed by atoms with E-state index in [1.807, 2.05) is 0 Å². The molecule has 0 spiro atoms. The Morgan fingerprint density at radius 3 is 1.62 bits per heavy atom. The first kappa shape index (κ1) is 35.7. The van der Waals surface area contributed by atoms with E-state index in [0.717, 1.165) is 45.1 Å². The third kappa shape index (κ3) is 19.4. The number of amides is 1. The van der Waals surface area contributed by atoms with E-state index in [2.05, 4.69) is 50.2 Å². The molecule has 0 aromatic carbocycles. The fourth-order valence-electron chi connectivity index (χ4n) is 5.15. The quantitative estimate of drug-likeness (QED) is 0.0540. The van der Waals surface area contributed by atoms with Crippen molar-refractivity contribution in [2.24, 2.45) is 16.5 Å². The van der Waals surface area contributed by atoms with Crippen molar-refractivity contribution in [1.82, 2.24) is 10.6 Å². The van der Waals surface area contributed by atoms with Crippen LogP contribution in [0.2, 0.25) is 0 Å². The monoisotopic (exact) mass is 524 g/mol. The standard InChI is InChI=1S/C31H65N5O/c1-6-10-11-12-13-14-15-16-17-18-19-20-21-22-23-28(37)36-30(5,7-2)24-27-35-31(8-3,9-4)25-26-34-29(32)33/h35H,6-27H2,1-5H3,(H,36,37)(H4,32,33,34). The number of carbonyl (C=O) groups excluding carboxylic acids is 1. The number of nitrogens with two attached hydrogens (primary N) is 2. The van der Waals surface area contributed by atoms with Crippen LogP contribution in [0.25, 0.3) is 0 Å². The van der Waals surface area contributed by atoms with E-state index in [-0.39, 0.29) is 22.9 Å². The minimum atomic E-state index is -0.173. The zero-order valence-corrected chi connectivity index (χ0v) is 25.6. The van der Waals surface area contributed by atoms with Crippen LogP contribution in [0.1, 0.15) is 163 Å². The molecule has 220 valence electrons. The van der Waals surface area contributed by atoms with Crippen LogP contribution >= 0.6 is 0 Å². The predicted octanol–water partition coefficient (Wildman–Crippen LogP) is 7.34. The van der Waals surface area contributed by atoms with Crippen LogP contribution in [-0.2, 0) is 4.79 Å². The summed E-state index contributed by atoms with van der Waals surface area (Å²) in [5.74, 6) is 0.356. The summed E-state index contributed by atoms with van der Waals surface area (Å²) in [6.07, 6.45) is 24.2. The number of aliphatic imine (C=N–C) groups is 1. The lowest BCUT2D eigenvalue weighted by molar-refractivity contribution is -0.123. The van der Waals surface area contributed by atoms with Gasteiger partial charge in [-0.25, -0.2) is 0 Å². The third-order valence-corrected chi connectivity index (χ3v) is 8.39. The van der Waals surface area contributed by atoms with Gasteiger partial charge >= 0.3 is 0 Å². The number of nitrogens with one attached hydrogen (secondary N) is 2. The zero-order chi connectivity index (χ0) is 27.8. The number of nitrogens with zero attached hydrogens (tertiary/aromatic N) is 1. The van der Waals surface area contributed by atoms with Crippen molar-refractivity contribution in [2.75, 3.05) is 13.1 Å². The highest BCUT2D eigenvalue weighted by Gasteiger charge is 2.28. The number of carbonyl (C=O) groups is 1. The first-order chi connectivity index (χ1) is 17.8. The Morgan fingerprint density at radius 2 is 1.19 bits per heavy atom. The molecule has 1 amide bonds. The first-order valence-electron chi connectivity index (χ1n) is 15.9. The zero-order valence-electron chi connectivity index (χ0n) is 25.6. The summed E-state index contributed by atoms with van der Waals surface area (Å²) < 4.78 is 0. The number of unbranched alkanes of at least 4 members (excludes halogenated alkanes) is 13. The molecule has 0 aromatic rings. The molecular weight excluding hydrogens is 458 g/mol. The molecule has 1 atom stereocenters. The Labute approximate surface area is 231 Å². The van der Waals surface area contributed by atoms with Gasteiger partial charge in [0.15, 0.2) is 5.96 Å². The lowest BCUT2D eigenvalue weighted by Crippen LogP contribution is -2.51. The summed E-state index contributed by atoms with van der Waals surface area (Å²) in [7, 11) is 0. The molecule has 0 saturated heterocycles. The Morgan fingerprint density at radius 1 is 0.703 bits per heavy atom. The molecule has 37 heavy (non-hydrogen) atoms. The number of hydrogen-bond acceptors (Lipinski definition) is 3. The van der Waals surface area contributed by atoms with Crippen molar-refractivity contribution in [3.63, 3.8) is 0 Å². The van der Waals surface area contributed by atoms with Crippen molar-refractivity contribution >= 4 is 11.9 Å². The van der Waals surface area contributed by atoms with Crippen molar-refractivity contribution in [2.45, 2.75) is 174 Å². The number of rotatable bonds is 26. The van der Waals surface area contributed by atoms with Crippen LogP contribution in [0.15, 0.2) is 4.99 Å². The van der Waals surface area contributed by atoms with Gasteiger partial charge in [-0.3, -0.25) is 9.79 Å². The summed E-state index contributed by atoms with van der Waals surface area (Å²) >= 11 is 0. The lowest BCUT2D eigenvalue weighted by atomic mass is 9.87. The molecule has 0 aliphatic heterocycles. The maximum absolute atomic E-state index is 12.6. The molecule has 0 radical (unpaired) electrons. The van der Waals surface area contributed by atoms with Crippen LogP contribution in [0, 0.1) is 0 Å². The van der Waals surface area contributed by atoms with Crippen LogP contribution in [0.4, 0.5) is 0 Å². The summed E-state index contributed by atoms with van der Waals surface area (Å²) in [5.41, 5.74) is 10.8. The van der Waals surface area contributed by atoms with Crippen molar-refractivity contribution in [3.05, 3.63) is 0 Å². The molecule has 0 aliphatic carbocycles. The average Bonchev–Trinajstić information content (AvgIpc) is 2.87. The van der Waals surface area contributed by atoms with E-state index in [9.17, 15) is 4.79 Å². The van der Waals surface area contributed by atoms with Gasteiger partial charge in [0.2, 0.25) is 5.91 Å². The molecule has 6 nitrogen and oxygen atoms in total. The fourth-order valence-corrected chi connectivity index (χ4v) is 5.15. The Hall–Kier alpha value is -1.30. The molecule has 0 bridgehead atoms. The van der Waals surface area contributed by atoms with Gasteiger partial charge in [0.25, 0.3) is 0 Å². The van der Waals surface area contributed by atoms with Crippen LogP contribution < -0.4 is 22.1 Å². The van der Waals surface area contributed by atoms with E-state index in [0.29, 0.717) is 13.0 Å². The SMILES string of the molecule is CCCCCCCCCCCCCCCCC(=O)NC(C)(CC)CCNC(CC)(CC)CCN=C(N)N. The Bertz CT molecular complexity index is 572. The first-order valence-corrected chi connectivity index (χ1v) is 15.9. The maximum Gasteiger partial charge on any atom is 0.220 e. The average molecular weight is 524 g/mol. The molecule has 0 aliphatic rings. The molecule has 1 unspecified atom stereocenters. The number of guanidine groups is 1. The second-order valence-electron chi connectivity index (χ2n) is 11.5. The van der Waals surface area contributed by atoms with Gasteiger partial charge in [0.1, 0.15) is 0 Å². The summed E-state index contributed by atoms with van der Waals surface area (Å²) in [5, 5.41) is 7.10. The van der Waals surface area contributed by atoms with Gasteiger partial charge in [-0.2, -0.15) is 0 Å². The largest absolute Gasteiger partial charge is 0.370 e. The molecule has 0 saturated carbocycles. The molecule has 0 aromatic heterocycles. The second-order valence-corrected chi connectivity index (χ2v) is 11.5. The predicted molar refractivity (Wildman–Crippen MR) is 163 cm³/mol. The third-order valence-electron chi connectivity index (χ3n) is 8.39. The Kier molecular flexibility index (Phi) is 21.9. The minimum Gasteiger partial charge on any atom is -0.370 e. The van der Waals surface area contributed by atoms with Crippen molar-refractivity contribution in [3.8, 4) is 0 Å². The molecule has 6 heteroatoms. The van der Waals surface area contributed by atoms with Gasteiger partial charge in [-0.05, 0) is 52.0 Å². The van der Waals surface area contributed by atoms with Gasteiger partial charge in [0, 0.05) is 24.0 Å². The normalized spacial score (nSPS) is 13.3. The second kappa shape index (κ2) is 22.7. The topological polar surface area (TPSA) is 106 Å². The van der Waals surface area contributed by atoms with Crippen molar-refractivity contribution in [1.29, 1.82) is 0 Å². The van der Waals surface area contributed by atoms with Crippen LogP contribution in [-0.4, -0.2) is 36.0 Å². The fraction of sp³-hybridized carbons (Fsp3) is 0.935. The molecule has 0 fully saturated rings. The summed E-state index contributed by atoms with van der Waals surface area (Å²) in [4.78, 5) is 16.8. The van der Waals surface area contributed by atoms with Crippen LogP contribution in [0.3, 0.4) is 0 Å². The van der Waals surface area contributed by atoms with Gasteiger partial charge in [-0.1, -0.05) is 111 Å². The minimum absolute atomic E-state index is 0.0336. The summed E-state index contributed by atoms with van der Waals surface area (Å²) in [6, 6.07) is 0. The summed E-state index contributed by atoms with van der Waals surface area (Å²) in [6.45, 7) is 12.6. The van der Waals surface area contributed by atoms with Gasteiger partial charge in [-0.15, -0.1) is 0 Å². The highest BCUT2D eigenvalue weighted by atomic mass is 16.1. The highest BCUT2D eigenvalue weighted by Crippen LogP contribution is 2.22. The van der Waals surface area contributed by atoms with E-state index >= 15 is 0 Å². The van der Waals surface area contributed by atoms with E-state index in [1.165, 1.54) is 83.5 Å². The lowest BCUT2D eigenvalue weighted by Gasteiger charge is -2.36. The molecular formula is C31H65N5O. The van der Waals surface area contributed by atoms with Crippen molar-refractivity contribution < 1.29 is 4.79 Å². The van der Waals surface area contributed by atoms with E-state index < -0.39 is 0 Å². The maximum atomic E-state index is 12.6.